The van der Waals surface area contributed by atoms with Gasteiger partial charge in [0.1, 0.15) is 17.4 Å². The zero-order valence-corrected chi connectivity index (χ0v) is 15.5. The van der Waals surface area contributed by atoms with Gasteiger partial charge in [-0.25, -0.2) is 9.37 Å². The van der Waals surface area contributed by atoms with Gasteiger partial charge >= 0.3 is 0 Å². The molecule has 3 rings (SSSR count). The molecule has 0 fully saturated rings. The highest BCUT2D eigenvalue weighted by Crippen LogP contribution is 2.32. The molecule has 0 aliphatic heterocycles. The number of halogens is 2. The molecule has 0 bridgehead atoms. The summed E-state index contributed by atoms with van der Waals surface area (Å²) in [6.45, 7) is 1.89. The number of ether oxygens (including phenoxy) is 1. The maximum atomic E-state index is 12.9. The third kappa shape index (κ3) is 4.54. The van der Waals surface area contributed by atoms with Crippen molar-refractivity contribution in [2.75, 3.05) is 17.7 Å². The van der Waals surface area contributed by atoms with Crippen molar-refractivity contribution in [3.63, 3.8) is 0 Å². The molecule has 0 spiro atoms. The minimum absolute atomic E-state index is 0.333. The van der Waals surface area contributed by atoms with Crippen molar-refractivity contribution >= 4 is 34.7 Å². The number of carbonyl (C=O) groups is 1. The van der Waals surface area contributed by atoms with E-state index in [4.69, 9.17) is 16.3 Å². The van der Waals surface area contributed by atoms with Crippen LogP contribution in [0.2, 0.25) is 5.02 Å². The van der Waals surface area contributed by atoms with Crippen molar-refractivity contribution < 1.29 is 13.9 Å². The summed E-state index contributed by atoms with van der Waals surface area (Å²) in [5.74, 6) is 0.442. The van der Waals surface area contributed by atoms with Crippen LogP contribution in [0.5, 0.6) is 5.75 Å². The predicted molar refractivity (Wildman–Crippen MR) is 105 cm³/mol. The average Bonchev–Trinajstić information content (AvgIpc) is 2.67. The van der Waals surface area contributed by atoms with Crippen LogP contribution in [-0.4, -0.2) is 18.0 Å². The van der Waals surface area contributed by atoms with Gasteiger partial charge in [-0.15, -0.1) is 0 Å². The Morgan fingerprint density at radius 3 is 2.52 bits per heavy atom. The molecule has 0 radical (unpaired) electrons. The highest BCUT2D eigenvalue weighted by atomic mass is 35.5. The Bertz CT molecular complexity index is 960. The number of pyridine rings is 1. The largest absolute Gasteiger partial charge is 0.495 e. The molecule has 2 aromatic carbocycles. The number of amides is 1. The standard InChI is InChI=1S/C20H17ClFN3O2/c1-12-9-17(18(27-2)10-16(12)21)25-19-8-3-13(11-23-19)20(26)24-15-6-4-14(22)5-7-15/h3-11H,1-2H3,(H,23,25)(H,24,26). The van der Waals surface area contributed by atoms with Crippen LogP contribution in [0.1, 0.15) is 15.9 Å². The first kappa shape index (κ1) is 18.7. The highest BCUT2D eigenvalue weighted by molar-refractivity contribution is 6.31. The molecule has 1 amide bonds. The first-order chi connectivity index (χ1) is 13.0. The highest BCUT2D eigenvalue weighted by Gasteiger charge is 2.10. The Kier molecular flexibility index (Phi) is 5.57. The molecular weight excluding hydrogens is 369 g/mol. The van der Waals surface area contributed by atoms with Crippen LogP contribution >= 0.6 is 11.6 Å². The number of nitrogens with one attached hydrogen (secondary N) is 2. The second-order valence-corrected chi connectivity index (χ2v) is 6.23. The van der Waals surface area contributed by atoms with Gasteiger partial charge < -0.3 is 15.4 Å². The van der Waals surface area contributed by atoms with Crippen molar-refractivity contribution in [3.8, 4) is 5.75 Å². The number of carbonyl (C=O) groups excluding carboxylic acids is 1. The quantitative estimate of drug-likeness (QED) is 0.634. The van der Waals surface area contributed by atoms with Gasteiger partial charge in [0, 0.05) is 23.0 Å². The molecule has 7 heteroatoms. The van der Waals surface area contributed by atoms with E-state index < -0.39 is 0 Å². The summed E-state index contributed by atoms with van der Waals surface area (Å²) in [5, 5.41) is 6.44. The van der Waals surface area contributed by atoms with E-state index in [1.807, 2.05) is 13.0 Å². The van der Waals surface area contributed by atoms with Crippen LogP contribution in [0.3, 0.4) is 0 Å². The molecule has 1 heterocycles. The molecule has 138 valence electrons. The fraction of sp³-hybridized carbons (Fsp3) is 0.100. The topological polar surface area (TPSA) is 63.2 Å². The van der Waals surface area contributed by atoms with E-state index in [0.717, 1.165) is 11.3 Å². The normalized spacial score (nSPS) is 10.4. The number of benzene rings is 2. The molecule has 2 N–H and O–H groups in total. The first-order valence-electron chi connectivity index (χ1n) is 8.10. The van der Waals surface area contributed by atoms with Gasteiger partial charge in [-0.2, -0.15) is 0 Å². The molecule has 5 nitrogen and oxygen atoms in total. The minimum atomic E-state index is -0.363. The summed E-state index contributed by atoms with van der Waals surface area (Å²) < 4.78 is 18.3. The molecule has 0 aliphatic carbocycles. The van der Waals surface area contributed by atoms with Gasteiger partial charge in [-0.3, -0.25) is 4.79 Å². The second-order valence-electron chi connectivity index (χ2n) is 5.82. The van der Waals surface area contributed by atoms with Crippen molar-refractivity contribution in [1.29, 1.82) is 0 Å². The SMILES string of the molecule is COc1cc(Cl)c(C)cc1Nc1ccc(C(=O)Nc2ccc(F)cc2)cn1. The summed E-state index contributed by atoms with van der Waals surface area (Å²) >= 11 is 6.11. The van der Waals surface area contributed by atoms with Crippen molar-refractivity contribution in [2.24, 2.45) is 0 Å². The summed E-state index contributed by atoms with van der Waals surface area (Å²) in [6.07, 6.45) is 1.45. The number of hydrogen-bond acceptors (Lipinski definition) is 4. The maximum absolute atomic E-state index is 12.9. The third-order valence-corrected chi connectivity index (χ3v) is 4.28. The number of aryl methyl sites for hydroxylation is 1. The van der Waals surface area contributed by atoms with E-state index in [-0.39, 0.29) is 11.7 Å². The second kappa shape index (κ2) is 8.05. The predicted octanol–water partition coefficient (Wildman–Crippen LogP) is 5.19. The van der Waals surface area contributed by atoms with E-state index in [9.17, 15) is 9.18 Å². The Morgan fingerprint density at radius 2 is 1.89 bits per heavy atom. The van der Waals surface area contributed by atoms with Gasteiger partial charge in [-0.05, 0) is 55.0 Å². The van der Waals surface area contributed by atoms with Crippen LogP contribution in [0.25, 0.3) is 0 Å². The molecular formula is C20H17ClFN3O2. The van der Waals surface area contributed by atoms with Crippen molar-refractivity contribution in [2.45, 2.75) is 6.92 Å². The van der Waals surface area contributed by atoms with Crippen LogP contribution < -0.4 is 15.4 Å². The third-order valence-electron chi connectivity index (χ3n) is 3.87. The molecule has 3 aromatic rings. The van der Waals surface area contributed by atoms with Gasteiger partial charge in [-0.1, -0.05) is 11.6 Å². The van der Waals surface area contributed by atoms with Crippen LogP contribution in [0.15, 0.2) is 54.7 Å². The Morgan fingerprint density at radius 1 is 1.15 bits per heavy atom. The van der Waals surface area contributed by atoms with Crippen molar-refractivity contribution in [1.82, 2.24) is 4.98 Å². The van der Waals surface area contributed by atoms with E-state index in [1.54, 1.807) is 25.3 Å². The smallest absolute Gasteiger partial charge is 0.257 e. The van der Waals surface area contributed by atoms with E-state index in [0.29, 0.717) is 27.8 Å². The zero-order chi connectivity index (χ0) is 19.4. The molecule has 0 unspecified atom stereocenters. The molecule has 1 aromatic heterocycles. The number of rotatable bonds is 5. The van der Waals surface area contributed by atoms with Crippen LogP contribution in [0, 0.1) is 12.7 Å². The summed E-state index contributed by atoms with van der Waals surface area (Å²) in [7, 11) is 1.56. The molecule has 0 atom stereocenters. The number of anilines is 3. The Balaban J connectivity index is 1.73. The number of hydrogen-bond donors (Lipinski definition) is 2. The monoisotopic (exact) mass is 385 g/mol. The minimum Gasteiger partial charge on any atom is -0.495 e. The molecule has 0 aliphatic rings. The molecule has 27 heavy (non-hydrogen) atoms. The van der Waals surface area contributed by atoms with Crippen LogP contribution in [-0.2, 0) is 0 Å². The van der Waals surface area contributed by atoms with E-state index >= 15 is 0 Å². The Labute approximate surface area is 161 Å². The lowest BCUT2D eigenvalue weighted by Gasteiger charge is -2.13. The van der Waals surface area contributed by atoms with Crippen molar-refractivity contribution in [3.05, 3.63) is 76.7 Å². The summed E-state index contributed by atoms with van der Waals surface area (Å²) in [4.78, 5) is 16.5. The molecule has 0 saturated carbocycles. The fourth-order valence-electron chi connectivity index (χ4n) is 2.41. The zero-order valence-electron chi connectivity index (χ0n) is 14.7. The van der Waals surface area contributed by atoms with Gasteiger partial charge in [0.15, 0.2) is 0 Å². The lowest BCUT2D eigenvalue weighted by molar-refractivity contribution is 0.102. The lowest BCUT2D eigenvalue weighted by atomic mass is 10.2. The number of aromatic nitrogens is 1. The van der Waals surface area contributed by atoms with Crippen LogP contribution in [0.4, 0.5) is 21.6 Å². The number of methoxy groups -OCH3 is 1. The number of nitrogens with zero attached hydrogens (tertiary/aromatic N) is 1. The Hall–Kier alpha value is -3.12. The molecule has 0 saturated heterocycles. The maximum Gasteiger partial charge on any atom is 0.257 e. The van der Waals surface area contributed by atoms with Gasteiger partial charge in [0.05, 0.1) is 18.4 Å². The van der Waals surface area contributed by atoms with Gasteiger partial charge in [0.2, 0.25) is 0 Å². The average molecular weight is 386 g/mol. The van der Waals surface area contributed by atoms with E-state index in [2.05, 4.69) is 15.6 Å². The first-order valence-corrected chi connectivity index (χ1v) is 8.48. The fourth-order valence-corrected chi connectivity index (χ4v) is 2.56. The summed E-state index contributed by atoms with van der Waals surface area (Å²) in [6, 6.07) is 12.5. The van der Waals surface area contributed by atoms with Gasteiger partial charge in [0.25, 0.3) is 5.91 Å². The van der Waals surface area contributed by atoms with E-state index in [1.165, 1.54) is 30.5 Å². The lowest BCUT2D eigenvalue weighted by Crippen LogP contribution is -2.12. The summed E-state index contributed by atoms with van der Waals surface area (Å²) in [5.41, 5.74) is 2.50.